The molecule has 15 heavy (non-hydrogen) atoms. The zero-order valence-electron chi connectivity index (χ0n) is 7.83. The molecule has 0 amide bonds. The topological polar surface area (TPSA) is 35.5 Å². The van der Waals surface area contributed by atoms with Gasteiger partial charge in [0.15, 0.2) is 0 Å². The van der Waals surface area contributed by atoms with Gasteiger partial charge in [-0.05, 0) is 23.8 Å². The summed E-state index contributed by atoms with van der Waals surface area (Å²) in [4.78, 5) is 11.2. The summed E-state index contributed by atoms with van der Waals surface area (Å²) in [5.41, 5.74) is 0.403. The molecule has 0 aliphatic heterocycles. The standard InChI is InChI=1S/C9H8F2O3S/c1-13-9(12)8-3-2-7(10)4-6(8)5-14-15-11/h2-4H,5H2,1H3. The van der Waals surface area contributed by atoms with Gasteiger partial charge in [-0.1, -0.05) is 0 Å². The predicted molar refractivity (Wildman–Crippen MR) is 51.2 cm³/mol. The van der Waals surface area contributed by atoms with Gasteiger partial charge in [0, 0.05) is 0 Å². The molecule has 0 bridgehead atoms. The quantitative estimate of drug-likeness (QED) is 0.592. The minimum Gasteiger partial charge on any atom is -0.465 e. The van der Waals surface area contributed by atoms with E-state index < -0.39 is 11.8 Å². The average Bonchev–Trinajstić information content (AvgIpc) is 2.25. The number of esters is 1. The number of halogens is 2. The van der Waals surface area contributed by atoms with Crippen LogP contribution in [0.15, 0.2) is 18.2 Å². The molecule has 0 aliphatic rings. The van der Waals surface area contributed by atoms with Crippen molar-refractivity contribution in [1.29, 1.82) is 0 Å². The smallest absolute Gasteiger partial charge is 0.338 e. The van der Waals surface area contributed by atoms with Crippen LogP contribution in [0.3, 0.4) is 0 Å². The van der Waals surface area contributed by atoms with Crippen molar-refractivity contribution in [3.05, 3.63) is 35.1 Å². The fourth-order valence-corrected chi connectivity index (χ4v) is 1.25. The number of hydrogen-bond acceptors (Lipinski definition) is 4. The van der Waals surface area contributed by atoms with Crippen molar-refractivity contribution in [3.63, 3.8) is 0 Å². The van der Waals surface area contributed by atoms with E-state index in [-0.39, 0.29) is 30.2 Å². The molecule has 1 aromatic rings. The molecule has 0 fully saturated rings. The van der Waals surface area contributed by atoms with Crippen LogP contribution in [-0.2, 0) is 15.5 Å². The molecule has 0 radical (unpaired) electrons. The molecule has 0 saturated heterocycles. The SMILES string of the molecule is COC(=O)c1ccc(F)cc1COSF. The summed E-state index contributed by atoms with van der Waals surface area (Å²) in [5, 5.41) is 0. The summed E-state index contributed by atoms with van der Waals surface area (Å²) in [5.74, 6) is -1.14. The van der Waals surface area contributed by atoms with Crippen molar-refractivity contribution in [2.24, 2.45) is 0 Å². The van der Waals surface area contributed by atoms with Crippen LogP contribution >= 0.6 is 12.4 Å². The van der Waals surface area contributed by atoms with E-state index in [1.807, 2.05) is 0 Å². The lowest BCUT2D eigenvalue weighted by atomic mass is 10.1. The summed E-state index contributed by atoms with van der Waals surface area (Å²) >= 11 is -0.344. The normalized spacial score (nSPS) is 10.1. The Labute approximate surface area is 89.9 Å². The third kappa shape index (κ3) is 3.17. The maximum absolute atomic E-state index is 12.8. The van der Waals surface area contributed by atoms with E-state index in [2.05, 4.69) is 8.92 Å². The molecular formula is C9H8F2O3S. The van der Waals surface area contributed by atoms with Gasteiger partial charge in [-0.25, -0.2) is 9.18 Å². The summed E-state index contributed by atoms with van der Waals surface area (Å²) in [6, 6.07) is 3.49. The lowest BCUT2D eigenvalue weighted by molar-refractivity contribution is 0.0598. The Morgan fingerprint density at radius 3 is 2.87 bits per heavy atom. The van der Waals surface area contributed by atoms with Crippen LogP contribution in [0.2, 0.25) is 0 Å². The van der Waals surface area contributed by atoms with Crippen molar-refractivity contribution >= 4 is 18.4 Å². The molecule has 0 spiro atoms. The molecule has 3 nitrogen and oxygen atoms in total. The number of carbonyl (C=O) groups excluding carboxylic acids is 1. The molecule has 1 rings (SSSR count). The summed E-state index contributed by atoms with van der Waals surface area (Å²) < 4.78 is 33.4. The Morgan fingerprint density at radius 2 is 2.27 bits per heavy atom. The van der Waals surface area contributed by atoms with Crippen molar-refractivity contribution in [2.75, 3.05) is 7.11 Å². The number of benzene rings is 1. The Kier molecular flexibility index (Phi) is 4.51. The first kappa shape index (κ1) is 11.9. The molecule has 0 atom stereocenters. The fraction of sp³-hybridized carbons (Fsp3) is 0.222. The maximum atomic E-state index is 12.8. The number of ether oxygens (including phenoxy) is 1. The van der Waals surface area contributed by atoms with Crippen molar-refractivity contribution in [2.45, 2.75) is 6.61 Å². The van der Waals surface area contributed by atoms with Gasteiger partial charge in [0.05, 0.1) is 19.3 Å². The lowest BCUT2D eigenvalue weighted by Gasteiger charge is -2.06. The summed E-state index contributed by atoms with van der Waals surface area (Å²) in [7, 11) is 1.21. The Hall–Kier alpha value is -1.14. The molecular weight excluding hydrogens is 226 g/mol. The monoisotopic (exact) mass is 234 g/mol. The molecule has 82 valence electrons. The largest absolute Gasteiger partial charge is 0.465 e. The summed E-state index contributed by atoms with van der Waals surface area (Å²) in [6.07, 6.45) is 0. The Morgan fingerprint density at radius 1 is 1.53 bits per heavy atom. The Bertz CT molecular complexity index is 357. The molecule has 0 heterocycles. The van der Waals surface area contributed by atoms with Gasteiger partial charge in [0.1, 0.15) is 5.82 Å². The van der Waals surface area contributed by atoms with Gasteiger partial charge in [0.2, 0.25) is 12.4 Å². The van der Waals surface area contributed by atoms with E-state index in [4.69, 9.17) is 0 Å². The van der Waals surface area contributed by atoms with E-state index in [0.717, 1.165) is 12.1 Å². The Balaban J connectivity index is 2.97. The highest BCUT2D eigenvalue weighted by Crippen LogP contribution is 2.16. The number of carbonyl (C=O) groups is 1. The first-order valence-electron chi connectivity index (χ1n) is 3.96. The van der Waals surface area contributed by atoms with Crippen LogP contribution in [0.4, 0.5) is 8.28 Å². The minimum absolute atomic E-state index is 0.160. The van der Waals surface area contributed by atoms with E-state index in [1.54, 1.807) is 0 Å². The molecule has 0 saturated carbocycles. The van der Waals surface area contributed by atoms with Gasteiger partial charge >= 0.3 is 5.97 Å². The number of rotatable bonds is 4. The average molecular weight is 234 g/mol. The van der Waals surface area contributed by atoms with E-state index >= 15 is 0 Å². The first-order valence-corrected chi connectivity index (χ1v) is 4.60. The highest BCUT2D eigenvalue weighted by Gasteiger charge is 2.12. The van der Waals surface area contributed by atoms with Gasteiger partial charge < -0.3 is 4.74 Å². The van der Waals surface area contributed by atoms with Crippen molar-refractivity contribution in [3.8, 4) is 0 Å². The van der Waals surface area contributed by atoms with Crippen LogP contribution in [0, 0.1) is 5.82 Å². The molecule has 0 aromatic heterocycles. The number of methoxy groups -OCH3 is 1. The molecule has 6 heteroatoms. The molecule has 0 N–H and O–H groups in total. The van der Waals surface area contributed by atoms with Gasteiger partial charge in [0.25, 0.3) is 0 Å². The summed E-state index contributed by atoms with van der Waals surface area (Å²) in [6.45, 7) is -0.205. The van der Waals surface area contributed by atoms with Gasteiger partial charge in [-0.15, -0.1) is 3.89 Å². The zero-order valence-corrected chi connectivity index (χ0v) is 8.64. The van der Waals surface area contributed by atoms with Crippen LogP contribution in [-0.4, -0.2) is 13.1 Å². The van der Waals surface area contributed by atoms with Crippen LogP contribution < -0.4 is 0 Å². The van der Waals surface area contributed by atoms with Gasteiger partial charge in [-0.3, -0.25) is 4.18 Å². The van der Waals surface area contributed by atoms with E-state index in [1.165, 1.54) is 13.2 Å². The number of hydrogen-bond donors (Lipinski definition) is 0. The molecule has 0 aliphatic carbocycles. The maximum Gasteiger partial charge on any atom is 0.338 e. The van der Waals surface area contributed by atoms with Crippen molar-refractivity contribution < 1.29 is 22.0 Å². The van der Waals surface area contributed by atoms with Crippen LogP contribution in [0.5, 0.6) is 0 Å². The van der Waals surface area contributed by atoms with Crippen molar-refractivity contribution in [1.82, 2.24) is 0 Å². The fourth-order valence-electron chi connectivity index (χ4n) is 1.08. The van der Waals surface area contributed by atoms with Crippen LogP contribution in [0.25, 0.3) is 0 Å². The second-order valence-corrected chi connectivity index (χ2v) is 2.98. The van der Waals surface area contributed by atoms with Crippen LogP contribution in [0.1, 0.15) is 15.9 Å². The second kappa shape index (κ2) is 5.67. The third-order valence-electron chi connectivity index (χ3n) is 1.73. The second-order valence-electron chi connectivity index (χ2n) is 2.62. The molecule has 1 aromatic carbocycles. The van der Waals surface area contributed by atoms with Gasteiger partial charge in [-0.2, -0.15) is 0 Å². The molecule has 0 unspecified atom stereocenters. The van der Waals surface area contributed by atoms with E-state index in [0.29, 0.717) is 0 Å². The zero-order chi connectivity index (χ0) is 11.3. The first-order chi connectivity index (χ1) is 7.19. The van der Waals surface area contributed by atoms with E-state index in [9.17, 15) is 13.1 Å². The lowest BCUT2D eigenvalue weighted by Crippen LogP contribution is -2.06. The third-order valence-corrected chi connectivity index (χ3v) is 1.94. The predicted octanol–water partition coefficient (Wildman–Crippen LogP) is 2.66. The highest BCUT2D eigenvalue weighted by molar-refractivity contribution is 7.89. The minimum atomic E-state index is -0.613. The highest BCUT2D eigenvalue weighted by atomic mass is 32.2.